The van der Waals surface area contributed by atoms with E-state index in [4.69, 9.17) is 0 Å². The second-order valence-corrected chi connectivity index (χ2v) is 5.30. The van der Waals surface area contributed by atoms with Gasteiger partial charge < -0.3 is 14.8 Å². The maximum Gasteiger partial charge on any atom is 0.293 e. The number of hydrogen-bond donors (Lipinski definition) is 1. The highest BCUT2D eigenvalue weighted by molar-refractivity contribution is 5.35. The van der Waals surface area contributed by atoms with Gasteiger partial charge in [0.25, 0.3) is 5.56 Å². The third-order valence-corrected chi connectivity index (χ3v) is 3.77. The number of nitrogens with one attached hydrogen (secondary N) is 1. The summed E-state index contributed by atoms with van der Waals surface area (Å²) in [5.41, 5.74) is 0.00468. The number of aryl methyl sites for hydroxylation is 1. The van der Waals surface area contributed by atoms with Gasteiger partial charge in [-0.25, -0.2) is 4.98 Å². The molecule has 2 heterocycles. The molecule has 1 saturated heterocycles. The van der Waals surface area contributed by atoms with Gasteiger partial charge in [0.2, 0.25) is 0 Å². The van der Waals surface area contributed by atoms with Crippen molar-refractivity contribution in [3.05, 3.63) is 22.7 Å². The monoisotopic (exact) mass is 264 g/mol. The van der Waals surface area contributed by atoms with E-state index in [-0.39, 0.29) is 5.56 Å². The summed E-state index contributed by atoms with van der Waals surface area (Å²) in [6.07, 6.45) is 6.86. The van der Waals surface area contributed by atoms with E-state index in [9.17, 15) is 4.79 Å². The molecule has 0 radical (unpaired) electrons. The number of nitrogens with zero attached hydrogens (tertiary/aromatic N) is 3. The van der Waals surface area contributed by atoms with Crippen molar-refractivity contribution in [1.29, 1.82) is 0 Å². The minimum absolute atomic E-state index is 0.00468. The highest BCUT2D eigenvalue weighted by atomic mass is 16.1. The Balaban J connectivity index is 1.89. The average molecular weight is 264 g/mol. The maximum atomic E-state index is 12.0. The second-order valence-electron chi connectivity index (χ2n) is 5.30. The number of rotatable bonds is 5. The molecular formula is C14H24N4O. The molecule has 0 aliphatic carbocycles. The molecule has 0 spiro atoms. The minimum Gasteiger partial charge on any atom is -0.352 e. The van der Waals surface area contributed by atoms with Gasteiger partial charge in [-0.3, -0.25) is 4.79 Å². The molecule has 1 N–H and O–H groups in total. The summed E-state index contributed by atoms with van der Waals surface area (Å²) in [7, 11) is 1.77. The lowest BCUT2D eigenvalue weighted by Crippen LogP contribution is -2.41. The Hall–Kier alpha value is -1.36. The first-order valence-corrected chi connectivity index (χ1v) is 7.19. The Bertz CT molecular complexity index is 449. The standard InChI is InChI=1S/C14H24N4O/c1-3-6-15-11-12-4-8-18(9-5-12)13-14(19)17(2)10-7-16-13/h7,10,12,15H,3-6,8-9,11H2,1-2H3. The highest BCUT2D eigenvalue weighted by Crippen LogP contribution is 2.18. The summed E-state index contributed by atoms with van der Waals surface area (Å²) in [6.45, 7) is 6.25. The largest absolute Gasteiger partial charge is 0.352 e. The zero-order valence-corrected chi connectivity index (χ0v) is 11.9. The summed E-state index contributed by atoms with van der Waals surface area (Å²) < 4.78 is 1.59. The lowest BCUT2D eigenvalue weighted by molar-refractivity contribution is 0.381. The summed E-state index contributed by atoms with van der Waals surface area (Å²) in [5, 5.41) is 3.48. The number of aromatic nitrogens is 2. The van der Waals surface area contributed by atoms with Crippen molar-refractivity contribution >= 4 is 5.82 Å². The Kier molecular flexibility index (Phi) is 4.96. The van der Waals surface area contributed by atoms with Crippen molar-refractivity contribution in [2.75, 3.05) is 31.1 Å². The first kappa shape index (κ1) is 14.1. The molecule has 0 unspecified atom stereocenters. The molecule has 1 aromatic rings. The van der Waals surface area contributed by atoms with Crippen molar-refractivity contribution in [1.82, 2.24) is 14.9 Å². The molecule has 0 atom stereocenters. The Morgan fingerprint density at radius 3 is 2.84 bits per heavy atom. The van der Waals surface area contributed by atoms with Gasteiger partial charge in [0.05, 0.1) is 0 Å². The number of anilines is 1. The first-order chi connectivity index (χ1) is 9.22. The third kappa shape index (κ3) is 3.56. The van der Waals surface area contributed by atoms with Crippen molar-refractivity contribution in [3.63, 3.8) is 0 Å². The fraction of sp³-hybridized carbons (Fsp3) is 0.714. The smallest absolute Gasteiger partial charge is 0.293 e. The fourth-order valence-electron chi connectivity index (χ4n) is 2.53. The van der Waals surface area contributed by atoms with Crippen LogP contribution in [0.4, 0.5) is 5.82 Å². The lowest BCUT2D eigenvalue weighted by Gasteiger charge is -2.32. The minimum atomic E-state index is 0.00468. The van der Waals surface area contributed by atoms with E-state index in [1.807, 2.05) is 0 Å². The van der Waals surface area contributed by atoms with Gasteiger partial charge in [-0.15, -0.1) is 0 Å². The first-order valence-electron chi connectivity index (χ1n) is 7.19. The van der Waals surface area contributed by atoms with E-state index in [1.54, 1.807) is 24.0 Å². The zero-order valence-electron chi connectivity index (χ0n) is 11.9. The van der Waals surface area contributed by atoms with Gasteiger partial charge in [-0.1, -0.05) is 6.92 Å². The van der Waals surface area contributed by atoms with Crippen LogP contribution in [0, 0.1) is 5.92 Å². The lowest BCUT2D eigenvalue weighted by atomic mass is 9.97. The topological polar surface area (TPSA) is 50.2 Å². The summed E-state index contributed by atoms with van der Waals surface area (Å²) in [5.74, 6) is 1.33. The molecule has 5 heteroatoms. The van der Waals surface area contributed by atoms with Crippen LogP contribution in [0.25, 0.3) is 0 Å². The molecule has 1 aromatic heterocycles. The quantitative estimate of drug-likeness (QED) is 0.806. The van der Waals surface area contributed by atoms with Crippen LogP contribution in [0.2, 0.25) is 0 Å². The molecule has 0 saturated carbocycles. The summed E-state index contributed by atoms with van der Waals surface area (Å²) in [4.78, 5) is 18.4. The van der Waals surface area contributed by atoms with Crippen molar-refractivity contribution in [3.8, 4) is 0 Å². The molecule has 0 bridgehead atoms. The normalized spacial score (nSPS) is 16.8. The van der Waals surface area contributed by atoms with Crippen LogP contribution >= 0.6 is 0 Å². The van der Waals surface area contributed by atoms with E-state index in [2.05, 4.69) is 22.1 Å². The van der Waals surface area contributed by atoms with Gasteiger partial charge in [0.1, 0.15) is 0 Å². The molecule has 1 fully saturated rings. The number of piperidine rings is 1. The van der Waals surface area contributed by atoms with E-state index < -0.39 is 0 Å². The van der Waals surface area contributed by atoms with Crippen LogP contribution in [0.5, 0.6) is 0 Å². The molecule has 0 amide bonds. The Morgan fingerprint density at radius 2 is 2.16 bits per heavy atom. The van der Waals surface area contributed by atoms with E-state index >= 15 is 0 Å². The summed E-state index contributed by atoms with van der Waals surface area (Å²) in [6, 6.07) is 0. The molecule has 0 aromatic carbocycles. The van der Waals surface area contributed by atoms with Crippen molar-refractivity contribution < 1.29 is 0 Å². The number of hydrogen-bond acceptors (Lipinski definition) is 4. The van der Waals surface area contributed by atoms with Crippen LogP contribution in [0.3, 0.4) is 0 Å². The van der Waals surface area contributed by atoms with E-state index in [1.165, 1.54) is 6.42 Å². The Labute approximate surface area is 114 Å². The Morgan fingerprint density at radius 1 is 1.42 bits per heavy atom. The van der Waals surface area contributed by atoms with Gasteiger partial charge in [0.15, 0.2) is 5.82 Å². The fourth-order valence-corrected chi connectivity index (χ4v) is 2.53. The highest BCUT2D eigenvalue weighted by Gasteiger charge is 2.21. The van der Waals surface area contributed by atoms with Crippen LogP contribution in [-0.4, -0.2) is 35.7 Å². The van der Waals surface area contributed by atoms with E-state index in [0.717, 1.165) is 44.9 Å². The SMILES string of the molecule is CCCNCC1CCN(c2nccn(C)c2=O)CC1. The van der Waals surface area contributed by atoms with Crippen molar-refractivity contribution in [2.45, 2.75) is 26.2 Å². The van der Waals surface area contributed by atoms with E-state index in [0.29, 0.717) is 5.82 Å². The predicted octanol–water partition coefficient (Wildman–Crippen LogP) is 0.996. The molecular weight excluding hydrogens is 240 g/mol. The summed E-state index contributed by atoms with van der Waals surface area (Å²) >= 11 is 0. The average Bonchev–Trinajstić information content (AvgIpc) is 2.43. The van der Waals surface area contributed by atoms with Gasteiger partial charge in [-0.05, 0) is 38.3 Å². The third-order valence-electron chi connectivity index (χ3n) is 3.77. The molecule has 5 nitrogen and oxygen atoms in total. The van der Waals surface area contributed by atoms with Crippen LogP contribution < -0.4 is 15.8 Å². The molecule has 1 aliphatic rings. The van der Waals surface area contributed by atoms with Gasteiger partial charge >= 0.3 is 0 Å². The second kappa shape index (κ2) is 6.70. The van der Waals surface area contributed by atoms with Crippen LogP contribution in [-0.2, 0) is 7.05 Å². The van der Waals surface area contributed by atoms with Crippen molar-refractivity contribution in [2.24, 2.45) is 13.0 Å². The molecule has 106 valence electrons. The predicted molar refractivity (Wildman–Crippen MR) is 77.6 cm³/mol. The molecule has 1 aliphatic heterocycles. The molecule has 19 heavy (non-hydrogen) atoms. The van der Waals surface area contributed by atoms with Crippen LogP contribution in [0.1, 0.15) is 26.2 Å². The molecule has 2 rings (SSSR count). The zero-order chi connectivity index (χ0) is 13.7. The van der Waals surface area contributed by atoms with Crippen LogP contribution in [0.15, 0.2) is 17.2 Å². The maximum absolute atomic E-state index is 12.0. The van der Waals surface area contributed by atoms with Gasteiger partial charge in [0, 0.05) is 32.5 Å². The van der Waals surface area contributed by atoms with Gasteiger partial charge in [-0.2, -0.15) is 0 Å².